The predicted molar refractivity (Wildman–Crippen MR) is 103 cm³/mol. The van der Waals surface area contributed by atoms with Crippen LogP contribution in [0.25, 0.3) is 11.0 Å². The zero-order valence-electron chi connectivity index (χ0n) is 14.7. The lowest BCUT2D eigenvalue weighted by atomic mass is 10.1. The van der Waals surface area contributed by atoms with E-state index in [1.54, 1.807) is 19.1 Å². The first-order chi connectivity index (χ1) is 10.6. The van der Waals surface area contributed by atoms with E-state index in [9.17, 15) is 0 Å². The fraction of sp³-hybridized carbons (Fsp3) is 0.588. The Kier molecular flexibility index (Phi) is 5.82. The molecule has 0 unspecified atom stereocenters. The first-order valence-corrected chi connectivity index (χ1v) is 9.32. The van der Waals surface area contributed by atoms with E-state index in [0.717, 1.165) is 23.3 Å². The fourth-order valence-electron chi connectivity index (χ4n) is 2.28. The van der Waals surface area contributed by atoms with Crippen LogP contribution in [-0.4, -0.2) is 27.0 Å². The van der Waals surface area contributed by atoms with Gasteiger partial charge in [0.1, 0.15) is 10.3 Å². The Labute approximate surface area is 151 Å². The highest BCUT2D eigenvalue weighted by atomic mass is 79.9. The summed E-state index contributed by atoms with van der Waals surface area (Å²) in [5.41, 5.74) is 2.01. The molecule has 2 aromatic heterocycles. The number of nitrogens with one attached hydrogen (secondary N) is 1. The Morgan fingerprint density at radius 1 is 1.26 bits per heavy atom. The van der Waals surface area contributed by atoms with Gasteiger partial charge in [0.2, 0.25) is 0 Å². The largest absolute Gasteiger partial charge is 0.377 e. The Bertz CT molecular complexity index is 676. The summed E-state index contributed by atoms with van der Waals surface area (Å²) in [6.45, 7) is 12.3. The molecule has 2 aromatic rings. The molecule has 0 radical (unpaired) electrons. The van der Waals surface area contributed by atoms with Crippen molar-refractivity contribution in [1.29, 1.82) is 0 Å². The Balaban J connectivity index is 2.31. The zero-order chi connectivity index (χ0) is 17.3. The Morgan fingerprint density at radius 2 is 1.96 bits per heavy atom. The predicted octanol–water partition coefficient (Wildman–Crippen LogP) is 4.76. The van der Waals surface area contributed by atoms with E-state index in [4.69, 9.17) is 4.74 Å². The molecule has 0 bridgehead atoms. The normalized spacial score (nSPS) is 13.0. The van der Waals surface area contributed by atoms with Crippen molar-refractivity contribution in [2.75, 3.05) is 7.11 Å². The number of methoxy groups -OCH3 is 1. The molecule has 4 nitrogen and oxygen atoms in total. The fourth-order valence-corrected chi connectivity index (χ4v) is 3.24. The van der Waals surface area contributed by atoms with Crippen LogP contribution in [0.15, 0.2) is 22.9 Å². The van der Waals surface area contributed by atoms with Crippen molar-refractivity contribution >= 4 is 38.9 Å². The molecule has 0 atom stereocenters. The summed E-state index contributed by atoms with van der Waals surface area (Å²) in [4.78, 5) is 4.66. The van der Waals surface area contributed by atoms with Crippen molar-refractivity contribution in [2.45, 2.75) is 58.1 Å². The lowest BCUT2D eigenvalue weighted by Crippen LogP contribution is -2.28. The van der Waals surface area contributed by atoms with Gasteiger partial charge in [-0.25, -0.2) is 4.98 Å². The highest BCUT2D eigenvalue weighted by Gasteiger charge is 2.20. The minimum absolute atomic E-state index is 0.192. The van der Waals surface area contributed by atoms with Crippen LogP contribution in [0.1, 0.15) is 40.2 Å². The number of nitrogens with zero attached hydrogens (tertiary/aromatic N) is 2. The molecule has 0 amide bonds. The molecule has 0 aliphatic heterocycles. The maximum atomic E-state index is 5.58. The molecule has 23 heavy (non-hydrogen) atoms. The molecule has 0 aliphatic carbocycles. The smallest absolute Gasteiger partial charge is 0.141 e. The van der Waals surface area contributed by atoms with Gasteiger partial charge in [0.15, 0.2) is 0 Å². The number of rotatable bonds is 6. The molecule has 2 heterocycles. The average molecular weight is 400 g/mol. The molecule has 0 fully saturated rings. The topological polar surface area (TPSA) is 39.1 Å². The second kappa shape index (κ2) is 7.13. The molecule has 2 rings (SSSR count). The van der Waals surface area contributed by atoms with Crippen molar-refractivity contribution in [3.05, 3.63) is 28.5 Å². The van der Waals surface area contributed by atoms with Gasteiger partial charge in [-0.2, -0.15) is 0 Å². The van der Waals surface area contributed by atoms with Crippen LogP contribution in [0.3, 0.4) is 0 Å². The maximum Gasteiger partial charge on any atom is 0.141 e. The van der Waals surface area contributed by atoms with Crippen LogP contribution in [-0.2, 0) is 17.8 Å². The third-order valence-electron chi connectivity index (χ3n) is 3.52. The molecule has 0 spiro atoms. The number of hydrogen-bond acceptors (Lipinski definition) is 4. The van der Waals surface area contributed by atoms with E-state index in [1.165, 1.54) is 10.9 Å². The van der Waals surface area contributed by atoms with Gasteiger partial charge in [-0.1, -0.05) is 11.9 Å². The van der Waals surface area contributed by atoms with Crippen LogP contribution in [0, 0.1) is 0 Å². The Hall–Kier alpha value is -0.560. The van der Waals surface area contributed by atoms with Gasteiger partial charge in [0.25, 0.3) is 0 Å². The van der Waals surface area contributed by atoms with Crippen molar-refractivity contribution < 1.29 is 4.74 Å². The summed E-state index contributed by atoms with van der Waals surface area (Å²) in [5, 5.41) is 1.18. The van der Waals surface area contributed by atoms with Crippen molar-refractivity contribution in [3.8, 4) is 0 Å². The molecule has 0 aliphatic rings. The summed E-state index contributed by atoms with van der Waals surface area (Å²) in [6, 6.07) is 4.12. The third-order valence-corrected chi connectivity index (χ3v) is 4.86. The van der Waals surface area contributed by atoms with Crippen LogP contribution >= 0.6 is 27.9 Å². The van der Waals surface area contributed by atoms with E-state index < -0.39 is 0 Å². The van der Waals surface area contributed by atoms with Gasteiger partial charge in [-0.15, -0.1) is 0 Å². The van der Waals surface area contributed by atoms with Crippen LogP contribution in [0.2, 0.25) is 0 Å². The highest BCUT2D eigenvalue weighted by Crippen LogP contribution is 2.26. The minimum atomic E-state index is -0.235. The number of fused-ring (bicyclic) bond motifs is 1. The SMILES string of the molecule is COC(C)(C)Cn1cc(CNSC(C)(C)C)c2ccc(Br)nc21. The van der Waals surface area contributed by atoms with E-state index in [0.29, 0.717) is 0 Å². The van der Waals surface area contributed by atoms with E-state index in [2.05, 4.69) is 77.1 Å². The number of ether oxygens (including phenoxy) is 1. The molecule has 0 saturated heterocycles. The van der Waals surface area contributed by atoms with Crippen molar-refractivity contribution in [2.24, 2.45) is 0 Å². The molecule has 128 valence electrons. The first kappa shape index (κ1) is 18.8. The molecule has 0 aromatic carbocycles. The van der Waals surface area contributed by atoms with Gasteiger partial charge in [-0.3, -0.25) is 4.72 Å². The van der Waals surface area contributed by atoms with Gasteiger partial charge < -0.3 is 9.30 Å². The first-order valence-electron chi connectivity index (χ1n) is 7.71. The minimum Gasteiger partial charge on any atom is -0.377 e. The van der Waals surface area contributed by atoms with Crippen LogP contribution < -0.4 is 4.72 Å². The summed E-state index contributed by atoms with van der Waals surface area (Å²) in [5.74, 6) is 0. The van der Waals surface area contributed by atoms with Gasteiger partial charge in [-0.05, 0) is 68.2 Å². The molecule has 1 N–H and O–H groups in total. The number of hydrogen-bond donors (Lipinski definition) is 1. The highest BCUT2D eigenvalue weighted by molar-refractivity contribution is 9.10. The lowest BCUT2D eigenvalue weighted by molar-refractivity contribution is 0.00899. The van der Waals surface area contributed by atoms with Gasteiger partial charge in [0.05, 0.1) is 12.1 Å². The van der Waals surface area contributed by atoms with E-state index in [-0.39, 0.29) is 10.3 Å². The van der Waals surface area contributed by atoms with Crippen LogP contribution in [0.5, 0.6) is 0 Å². The molecular formula is C17H26BrN3OS. The molecule has 0 saturated carbocycles. The van der Waals surface area contributed by atoms with Crippen molar-refractivity contribution in [3.63, 3.8) is 0 Å². The lowest BCUT2D eigenvalue weighted by Gasteiger charge is -2.23. The summed E-state index contributed by atoms with van der Waals surface area (Å²) >= 11 is 5.23. The summed E-state index contributed by atoms with van der Waals surface area (Å²) in [7, 11) is 1.75. The van der Waals surface area contributed by atoms with Crippen LogP contribution in [0.4, 0.5) is 0 Å². The Morgan fingerprint density at radius 3 is 2.57 bits per heavy atom. The van der Waals surface area contributed by atoms with E-state index in [1.807, 2.05) is 6.07 Å². The third kappa shape index (κ3) is 5.21. The monoisotopic (exact) mass is 399 g/mol. The van der Waals surface area contributed by atoms with E-state index >= 15 is 0 Å². The number of aromatic nitrogens is 2. The molecule has 6 heteroatoms. The number of pyridine rings is 1. The second-order valence-electron chi connectivity index (χ2n) is 7.29. The van der Waals surface area contributed by atoms with Gasteiger partial charge in [0, 0.05) is 30.0 Å². The molecular weight excluding hydrogens is 374 g/mol. The van der Waals surface area contributed by atoms with Gasteiger partial charge >= 0.3 is 0 Å². The summed E-state index contributed by atoms with van der Waals surface area (Å²) in [6.07, 6.45) is 2.18. The standard InChI is InChI=1S/C17H26BrN3OS/c1-16(2,3)23-19-9-12-10-21(11-17(4,5)22-6)15-13(12)7-8-14(18)20-15/h7-8,10,19H,9,11H2,1-6H3. The second-order valence-corrected chi connectivity index (χ2v) is 9.82. The maximum absolute atomic E-state index is 5.58. The summed E-state index contributed by atoms with van der Waals surface area (Å²) < 4.78 is 12.3. The average Bonchev–Trinajstić information content (AvgIpc) is 2.74. The van der Waals surface area contributed by atoms with Crippen molar-refractivity contribution in [1.82, 2.24) is 14.3 Å². The zero-order valence-corrected chi connectivity index (χ0v) is 17.1. The number of halogens is 1. The quantitative estimate of drug-likeness (QED) is 0.561.